The number of aliphatic hydroxyl groups excluding tert-OH is 1. The number of aliphatic hydroxyl groups is 1. The van der Waals surface area contributed by atoms with Crippen molar-refractivity contribution in [2.45, 2.75) is 19.6 Å². The van der Waals surface area contributed by atoms with Gasteiger partial charge in [0.1, 0.15) is 0 Å². The first-order chi connectivity index (χ1) is 11.8. The fourth-order valence-electron chi connectivity index (χ4n) is 2.69. The lowest BCUT2D eigenvalue weighted by atomic mass is 10.2. The van der Waals surface area contributed by atoms with E-state index in [0.717, 1.165) is 29.3 Å². The Morgan fingerprint density at radius 3 is 2.71 bits per heavy atom. The van der Waals surface area contributed by atoms with E-state index in [0.29, 0.717) is 19.8 Å². The lowest BCUT2D eigenvalue weighted by Crippen LogP contribution is -2.34. The van der Waals surface area contributed by atoms with Crippen molar-refractivity contribution >= 4 is 5.69 Å². The van der Waals surface area contributed by atoms with Crippen LogP contribution in [0, 0.1) is 0 Å². The Kier molecular flexibility index (Phi) is 5.56. The molecule has 0 spiro atoms. The molecule has 0 aromatic heterocycles. The van der Waals surface area contributed by atoms with Crippen LogP contribution in [0.2, 0.25) is 0 Å². The minimum absolute atomic E-state index is 0.265. The summed E-state index contributed by atoms with van der Waals surface area (Å²) in [5, 5.41) is 10.3. The number of ether oxygens (including phenoxy) is 3. The van der Waals surface area contributed by atoms with Crippen molar-refractivity contribution in [3.8, 4) is 11.5 Å². The summed E-state index contributed by atoms with van der Waals surface area (Å²) < 4.78 is 16.4. The van der Waals surface area contributed by atoms with E-state index in [2.05, 4.69) is 11.8 Å². The zero-order valence-electron chi connectivity index (χ0n) is 13.9. The topological polar surface area (TPSA) is 51.2 Å². The van der Waals surface area contributed by atoms with E-state index in [9.17, 15) is 5.11 Å². The summed E-state index contributed by atoms with van der Waals surface area (Å²) >= 11 is 0. The molecule has 0 amide bonds. The number of hydrogen-bond donors (Lipinski definition) is 1. The number of rotatable bonds is 8. The van der Waals surface area contributed by atoms with Gasteiger partial charge in [0.05, 0.1) is 19.3 Å². The molecule has 1 unspecified atom stereocenters. The molecule has 5 heteroatoms. The summed E-state index contributed by atoms with van der Waals surface area (Å²) in [6.07, 6.45) is -0.556. The van der Waals surface area contributed by atoms with Crippen LogP contribution in [0.15, 0.2) is 48.5 Å². The molecule has 0 saturated heterocycles. The normalized spacial score (nSPS) is 13.8. The van der Waals surface area contributed by atoms with Gasteiger partial charge in [-0.25, -0.2) is 0 Å². The number of likely N-dealkylation sites (N-methyl/N-ethyl adjacent to an activating group) is 1. The Hall–Kier alpha value is -2.24. The van der Waals surface area contributed by atoms with Gasteiger partial charge >= 0.3 is 0 Å². The quantitative estimate of drug-likeness (QED) is 0.807. The molecule has 2 aromatic carbocycles. The third-order valence-electron chi connectivity index (χ3n) is 3.96. The highest BCUT2D eigenvalue weighted by molar-refractivity contribution is 5.57. The van der Waals surface area contributed by atoms with Crippen molar-refractivity contribution in [2.24, 2.45) is 0 Å². The van der Waals surface area contributed by atoms with Gasteiger partial charge in [0.15, 0.2) is 11.5 Å². The molecule has 128 valence electrons. The van der Waals surface area contributed by atoms with E-state index in [4.69, 9.17) is 14.2 Å². The van der Waals surface area contributed by atoms with Gasteiger partial charge in [0, 0.05) is 24.8 Å². The first-order valence-electron chi connectivity index (χ1n) is 8.20. The van der Waals surface area contributed by atoms with Crippen LogP contribution in [0.4, 0.5) is 5.69 Å². The van der Waals surface area contributed by atoms with Crippen molar-refractivity contribution in [2.75, 3.05) is 31.4 Å². The molecule has 24 heavy (non-hydrogen) atoms. The van der Waals surface area contributed by atoms with Crippen LogP contribution in [0.3, 0.4) is 0 Å². The molecule has 1 aliphatic heterocycles. The molecule has 1 aliphatic rings. The highest BCUT2D eigenvalue weighted by Crippen LogP contribution is 2.35. The van der Waals surface area contributed by atoms with E-state index >= 15 is 0 Å². The van der Waals surface area contributed by atoms with Gasteiger partial charge in [-0.2, -0.15) is 0 Å². The van der Waals surface area contributed by atoms with Crippen molar-refractivity contribution in [3.63, 3.8) is 0 Å². The van der Waals surface area contributed by atoms with Gasteiger partial charge in [-0.1, -0.05) is 30.3 Å². The minimum atomic E-state index is -0.556. The van der Waals surface area contributed by atoms with Crippen molar-refractivity contribution in [1.82, 2.24) is 0 Å². The molecule has 2 aromatic rings. The monoisotopic (exact) mass is 329 g/mol. The summed E-state index contributed by atoms with van der Waals surface area (Å²) in [7, 11) is 0. The Morgan fingerprint density at radius 1 is 1.12 bits per heavy atom. The Labute approximate surface area is 142 Å². The summed E-state index contributed by atoms with van der Waals surface area (Å²) in [4.78, 5) is 2.10. The standard InChI is InChI=1S/C19H23NO4/c1-2-20(16-8-9-18-19(10-16)24-14-23-18)11-17(21)13-22-12-15-6-4-3-5-7-15/h3-10,17,21H,2,11-14H2,1H3. The molecule has 3 rings (SSSR count). The van der Waals surface area contributed by atoms with E-state index < -0.39 is 6.10 Å². The maximum atomic E-state index is 10.3. The van der Waals surface area contributed by atoms with Crippen LogP contribution in [0.5, 0.6) is 11.5 Å². The zero-order chi connectivity index (χ0) is 16.8. The second-order valence-electron chi connectivity index (χ2n) is 5.73. The predicted octanol–water partition coefficient (Wildman–Crippen LogP) is 2.82. The summed E-state index contributed by atoms with van der Waals surface area (Å²) in [6, 6.07) is 15.8. The van der Waals surface area contributed by atoms with Crippen LogP contribution < -0.4 is 14.4 Å². The van der Waals surface area contributed by atoms with Crippen LogP contribution >= 0.6 is 0 Å². The molecular formula is C19H23NO4. The molecule has 1 atom stereocenters. The molecular weight excluding hydrogens is 306 g/mol. The smallest absolute Gasteiger partial charge is 0.231 e. The second kappa shape index (κ2) is 8.04. The van der Waals surface area contributed by atoms with E-state index in [1.807, 2.05) is 48.5 Å². The maximum Gasteiger partial charge on any atom is 0.231 e. The average Bonchev–Trinajstić information content (AvgIpc) is 3.08. The lowest BCUT2D eigenvalue weighted by Gasteiger charge is -2.26. The summed E-state index contributed by atoms with van der Waals surface area (Å²) in [5.41, 5.74) is 2.11. The van der Waals surface area contributed by atoms with Crippen molar-refractivity contribution < 1.29 is 19.3 Å². The molecule has 1 N–H and O–H groups in total. The Balaban J connectivity index is 1.51. The Bertz CT molecular complexity index is 647. The van der Waals surface area contributed by atoms with Crippen LogP contribution in [0.25, 0.3) is 0 Å². The first-order valence-corrected chi connectivity index (χ1v) is 8.20. The molecule has 0 radical (unpaired) electrons. The highest BCUT2D eigenvalue weighted by atomic mass is 16.7. The first kappa shape index (κ1) is 16.6. The SMILES string of the molecule is CCN(CC(O)COCc1ccccc1)c1ccc2c(c1)OCO2. The van der Waals surface area contributed by atoms with Crippen LogP contribution in [-0.4, -0.2) is 37.7 Å². The lowest BCUT2D eigenvalue weighted by molar-refractivity contribution is 0.0320. The summed E-state index contributed by atoms with van der Waals surface area (Å²) in [5.74, 6) is 1.52. The number of hydrogen-bond acceptors (Lipinski definition) is 5. The van der Waals surface area contributed by atoms with E-state index in [-0.39, 0.29) is 6.79 Å². The second-order valence-corrected chi connectivity index (χ2v) is 5.73. The Morgan fingerprint density at radius 2 is 1.92 bits per heavy atom. The number of fused-ring (bicyclic) bond motifs is 1. The molecule has 0 fully saturated rings. The average molecular weight is 329 g/mol. The molecule has 0 aliphatic carbocycles. The molecule has 0 bridgehead atoms. The van der Waals surface area contributed by atoms with Crippen molar-refractivity contribution in [1.29, 1.82) is 0 Å². The largest absolute Gasteiger partial charge is 0.454 e. The third kappa shape index (κ3) is 4.19. The van der Waals surface area contributed by atoms with Gasteiger partial charge in [0.2, 0.25) is 6.79 Å². The molecule has 0 saturated carbocycles. The van der Waals surface area contributed by atoms with Gasteiger partial charge in [-0.15, -0.1) is 0 Å². The van der Waals surface area contributed by atoms with Crippen LogP contribution in [0.1, 0.15) is 12.5 Å². The zero-order valence-corrected chi connectivity index (χ0v) is 13.9. The third-order valence-corrected chi connectivity index (χ3v) is 3.96. The van der Waals surface area contributed by atoms with Crippen LogP contribution in [-0.2, 0) is 11.3 Å². The fraction of sp³-hybridized carbons (Fsp3) is 0.368. The number of benzene rings is 2. The van der Waals surface area contributed by atoms with E-state index in [1.165, 1.54) is 0 Å². The predicted molar refractivity (Wildman–Crippen MR) is 92.6 cm³/mol. The van der Waals surface area contributed by atoms with Gasteiger partial charge in [-0.3, -0.25) is 0 Å². The molecule has 1 heterocycles. The van der Waals surface area contributed by atoms with Crippen molar-refractivity contribution in [3.05, 3.63) is 54.1 Å². The summed E-state index contributed by atoms with van der Waals surface area (Å²) in [6.45, 7) is 4.42. The minimum Gasteiger partial charge on any atom is -0.454 e. The molecule has 5 nitrogen and oxygen atoms in total. The van der Waals surface area contributed by atoms with Gasteiger partial charge < -0.3 is 24.2 Å². The highest BCUT2D eigenvalue weighted by Gasteiger charge is 2.17. The van der Waals surface area contributed by atoms with E-state index in [1.54, 1.807) is 0 Å². The number of anilines is 1. The van der Waals surface area contributed by atoms with Gasteiger partial charge in [-0.05, 0) is 24.6 Å². The number of nitrogens with zero attached hydrogens (tertiary/aromatic N) is 1. The van der Waals surface area contributed by atoms with Gasteiger partial charge in [0.25, 0.3) is 0 Å². The maximum absolute atomic E-state index is 10.3. The fourth-order valence-corrected chi connectivity index (χ4v) is 2.69.